The Kier molecular flexibility index (Phi) is 11.2. The van der Waals surface area contributed by atoms with Crippen LogP contribution in [-0.4, -0.2) is 66.0 Å². The summed E-state index contributed by atoms with van der Waals surface area (Å²) in [5, 5.41) is 6.53. The molecule has 2 saturated heterocycles. The molecule has 6 heteroatoms. The maximum atomic E-state index is 13.8. The standard InChI is InChI=1S/C36H50N4O2/c1-6-7-24-40(25-12-9-21-32(40)36(42)38-34-29(4)18-15-19-30(34)5)26-13-11-23-39-22-10-8-20-31(39)35(41)37-33-27(2)16-14-17-28(33)3/h14-19,31-32H,6-10,12,20-26H2,1-5H3,(H-,37,38,41,42)/p+1. The largest absolute Gasteiger partial charge is 0.324 e. The van der Waals surface area contributed by atoms with Gasteiger partial charge in [0, 0.05) is 17.8 Å². The zero-order valence-corrected chi connectivity index (χ0v) is 26.5. The number of hydrogen-bond acceptors (Lipinski definition) is 3. The van der Waals surface area contributed by atoms with Gasteiger partial charge in [0.15, 0.2) is 6.04 Å². The molecule has 4 rings (SSSR count). The maximum absolute atomic E-state index is 13.8. The first-order chi connectivity index (χ1) is 20.3. The molecule has 0 radical (unpaired) electrons. The van der Waals surface area contributed by atoms with Gasteiger partial charge in [-0.3, -0.25) is 14.5 Å². The summed E-state index contributed by atoms with van der Waals surface area (Å²) in [5.74, 6) is 7.17. The molecule has 3 unspecified atom stereocenters. The lowest BCUT2D eigenvalue weighted by atomic mass is 9.95. The van der Waals surface area contributed by atoms with Crippen LogP contribution in [0.2, 0.25) is 0 Å². The summed E-state index contributed by atoms with van der Waals surface area (Å²) in [4.78, 5) is 29.5. The van der Waals surface area contributed by atoms with Gasteiger partial charge in [-0.05, 0) is 94.5 Å². The van der Waals surface area contributed by atoms with Crippen LogP contribution in [0.3, 0.4) is 0 Å². The molecule has 0 aromatic heterocycles. The molecule has 0 spiro atoms. The lowest BCUT2D eigenvalue weighted by Crippen LogP contribution is -2.62. The predicted molar refractivity (Wildman–Crippen MR) is 173 cm³/mol. The number of benzene rings is 2. The third-order valence-corrected chi connectivity index (χ3v) is 9.43. The fraction of sp³-hybridized carbons (Fsp3) is 0.556. The third kappa shape index (κ3) is 7.62. The Morgan fingerprint density at radius 1 is 0.833 bits per heavy atom. The lowest BCUT2D eigenvalue weighted by Gasteiger charge is -2.46. The van der Waals surface area contributed by atoms with Gasteiger partial charge in [0.2, 0.25) is 5.91 Å². The highest BCUT2D eigenvalue weighted by molar-refractivity contribution is 5.96. The highest BCUT2D eigenvalue weighted by Crippen LogP contribution is 2.29. The lowest BCUT2D eigenvalue weighted by molar-refractivity contribution is -0.941. The van der Waals surface area contributed by atoms with Crippen molar-refractivity contribution in [1.29, 1.82) is 0 Å². The van der Waals surface area contributed by atoms with Crippen molar-refractivity contribution in [3.05, 3.63) is 58.7 Å². The molecule has 2 aromatic carbocycles. The van der Waals surface area contributed by atoms with Gasteiger partial charge in [-0.1, -0.05) is 62.1 Å². The number of amides is 2. The van der Waals surface area contributed by atoms with E-state index in [9.17, 15) is 9.59 Å². The van der Waals surface area contributed by atoms with E-state index in [1.807, 2.05) is 38.1 Å². The molecule has 2 amide bonds. The molecule has 2 aromatic rings. The first-order valence-corrected chi connectivity index (χ1v) is 16.1. The Hall–Kier alpha value is -3.14. The summed E-state index contributed by atoms with van der Waals surface area (Å²) < 4.78 is 0.744. The SMILES string of the molecule is CCCC[N+]1(CC#CCN2CCCCC2C(=O)Nc2c(C)cccc2C)CCCCC1C(=O)Nc1c(C)cccc1C. The highest BCUT2D eigenvalue weighted by atomic mass is 16.2. The number of anilines is 2. The third-order valence-electron chi connectivity index (χ3n) is 9.43. The Balaban J connectivity index is 1.47. The number of quaternary nitrogens is 1. The second-order valence-electron chi connectivity index (χ2n) is 12.5. The molecular formula is C36H51N4O2+. The van der Waals surface area contributed by atoms with Crippen LogP contribution in [-0.2, 0) is 9.59 Å². The highest BCUT2D eigenvalue weighted by Gasteiger charge is 2.43. The van der Waals surface area contributed by atoms with E-state index in [0.717, 1.165) is 109 Å². The molecule has 0 saturated carbocycles. The second-order valence-corrected chi connectivity index (χ2v) is 12.5. The molecule has 2 aliphatic heterocycles. The van der Waals surface area contributed by atoms with Gasteiger partial charge in [-0.25, -0.2) is 0 Å². The van der Waals surface area contributed by atoms with E-state index in [1.54, 1.807) is 0 Å². The van der Waals surface area contributed by atoms with Crippen molar-refractivity contribution in [3.63, 3.8) is 0 Å². The molecule has 226 valence electrons. The van der Waals surface area contributed by atoms with E-state index in [0.29, 0.717) is 13.1 Å². The minimum Gasteiger partial charge on any atom is -0.324 e. The van der Waals surface area contributed by atoms with E-state index < -0.39 is 0 Å². The van der Waals surface area contributed by atoms with Crippen LogP contribution < -0.4 is 10.6 Å². The van der Waals surface area contributed by atoms with E-state index in [1.165, 1.54) is 0 Å². The van der Waals surface area contributed by atoms with E-state index in [4.69, 9.17) is 0 Å². The van der Waals surface area contributed by atoms with Crippen molar-refractivity contribution in [2.24, 2.45) is 0 Å². The molecule has 42 heavy (non-hydrogen) atoms. The topological polar surface area (TPSA) is 61.4 Å². The Morgan fingerprint density at radius 3 is 2.05 bits per heavy atom. The molecule has 3 atom stereocenters. The summed E-state index contributed by atoms with van der Waals surface area (Å²) in [6, 6.07) is 12.0. The van der Waals surface area contributed by atoms with Crippen molar-refractivity contribution < 1.29 is 14.1 Å². The summed E-state index contributed by atoms with van der Waals surface area (Å²) in [5.41, 5.74) is 6.25. The monoisotopic (exact) mass is 571 g/mol. The van der Waals surface area contributed by atoms with Crippen LogP contribution in [0.1, 0.15) is 80.5 Å². The van der Waals surface area contributed by atoms with Crippen molar-refractivity contribution in [1.82, 2.24) is 4.90 Å². The number of carbonyl (C=O) groups excluding carboxylic acids is 2. The van der Waals surface area contributed by atoms with Gasteiger partial charge in [0.25, 0.3) is 5.91 Å². The maximum Gasteiger partial charge on any atom is 0.282 e. The number of hydrogen-bond donors (Lipinski definition) is 2. The normalized spacial score (nSPS) is 22.6. The van der Waals surface area contributed by atoms with E-state index >= 15 is 0 Å². The summed E-state index contributed by atoms with van der Waals surface area (Å²) in [6.07, 6.45) is 8.30. The van der Waals surface area contributed by atoms with Crippen molar-refractivity contribution in [2.45, 2.75) is 98.1 Å². The number of carbonyl (C=O) groups is 2. The minimum absolute atomic E-state index is 0.0691. The number of nitrogens with one attached hydrogen (secondary N) is 2. The van der Waals surface area contributed by atoms with Gasteiger partial charge in [0.1, 0.15) is 6.54 Å². The zero-order chi connectivity index (χ0) is 30.1. The number of unbranched alkanes of at least 4 members (excludes halogenated alkanes) is 1. The molecule has 0 bridgehead atoms. The smallest absolute Gasteiger partial charge is 0.282 e. The number of nitrogens with zero attached hydrogens (tertiary/aromatic N) is 2. The van der Waals surface area contributed by atoms with E-state index in [2.05, 4.69) is 60.3 Å². The molecular weight excluding hydrogens is 520 g/mol. The first kappa shape index (κ1) is 31.8. The summed E-state index contributed by atoms with van der Waals surface area (Å²) in [7, 11) is 0. The van der Waals surface area contributed by atoms with Crippen LogP contribution in [0.4, 0.5) is 11.4 Å². The van der Waals surface area contributed by atoms with Crippen LogP contribution >= 0.6 is 0 Å². The molecule has 6 nitrogen and oxygen atoms in total. The Labute approximate surface area is 253 Å². The van der Waals surface area contributed by atoms with Crippen molar-refractivity contribution in [3.8, 4) is 11.8 Å². The van der Waals surface area contributed by atoms with Crippen molar-refractivity contribution >= 4 is 23.2 Å². The quantitative estimate of drug-likeness (QED) is 0.266. The summed E-state index contributed by atoms with van der Waals surface area (Å²) >= 11 is 0. The number of para-hydroxylation sites is 2. The Morgan fingerprint density at radius 2 is 1.43 bits per heavy atom. The van der Waals surface area contributed by atoms with Crippen LogP contribution in [0, 0.1) is 39.5 Å². The molecule has 2 fully saturated rings. The Bertz CT molecular complexity index is 1270. The van der Waals surface area contributed by atoms with Crippen LogP contribution in [0.15, 0.2) is 36.4 Å². The van der Waals surface area contributed by atoms with Gasteiger partial charge in [-0.2, -0.15) is 0 Å². The van der Waals surface area contributed by atoms with Gasteiger partial charge in [-0.15, -0.1) is 0 Å². The predicted octanol–water partition coefficient (Wildman–Crippen LogP) is 6.52. The van der Waals surface area contributed by atoms with Crippen molar-refractivity contribution in [2.75, 3.05) is 43.4 Å². The molecule has 0 aliphatic carbocycles. The summed E-state index contributed by atoms with van der Waals surface area (Å²) in [6.45, 7) is 14.5. The zero-order valence-electron chi connectivity index (χ0n) is 26.5. The second kappa shape index (κ2) is 14.8. The van der Waals surface area contributed by atoms with Crippen LogP contribution in [0.5, 0.6) is 0 Å². The molecule has 2 aliphatic rings. The van der Waals surface area contributed by atoms with Crippen LogP contribution in [0.25, 0.3) is 0 Å². The van der Waals surface area contributed by atoms with Gasteiger partial charge < -0.3 is 15.1 Å². The average Bonchev–Trinajstić information content (AvgIpc) is 2.98. The van der Waals surface area contributed by atoms with Gasteiger partial charge in [0.05, 0.1) is 25.7 Å². The fourth-order valence-corrected chi connectivity index (χ4v) is 6.87. The fourth-order valence-electron chi connectivity index (χ4n) is 6.87. The average molecular weight is 572 g/mol. The first-order valence-electron chi connectivity index (χ1n) is 16.1. The molecule has 2 heterocycles. The minimum atomic E-state index is -0.166. The number of rotatable bonds is 9. The van der Waals surface area contributed by atoms with E-state index in [-0.39, 0.29) is 23.9 Å². The number of aryl methyl sites for hydroxylation is 4. The molecule has 2 N–H and O–H groups in total. The number of likely N-dealkylation sites (tertiary alicyclic amines) is 2. The van der Waals surface area contributed by atoms with Gasteiger partial charge >= 0.3 is 0 Å². The number of piperidine rings is 2.